The average molecular weight is 380 g/mol. The predicted molar refractivity (Wildman–Crippen MR) is 117 cm³/mol. The number of rotatable bonds is 4. The van der Waals surface area contributed by atoms with Gasteiger partial charge in [0.1, 0.15) is 5.75 Å². The minimum atomic E-state index is 0.788. The Morgan fingerprint density at radius 3 is 2.17 bits per heavy atom. The van der Waals surface area contributed by atoms with E-state index in [4.69, 9.17) is 9.47 Å². The number of ether oxygens (including phenoxy) is 2. The summed E-state index contributed by atoms with van der Waals surface area (Å²) in [4.78, 5) is 4.22. The van der Waals surface area contributed by atoms with Crippen LogP contribution in [0.3, 0.4) is 0 Å². The molecule has 1 heterocycles. The quantitative estimate of drug-likeness (QED) is 0.392. The van der Waals surface area contributed by atoms with Crippen LogP contribution < -0.4 is 9.47 Å². The first-order valence-electron chi connectivity index (χ1n) is 9.46. The minimum Gasteiger partial charge on any atom is -0.496 e. The lowest BCUT2D eigenvalue weighted by molar-refractivity contribution is 0.410. The number of hydrogen-bond acceptors (Lipinski definition) is 3. The zero-order valence-electron chi connectivity index (χ0n) is 16.3. The fraction of sp³-hybridized carbons (Fsp3) is 0.0800. The molecule has 4 nitrogen and oxygen atoms in total. The van der Waals surface area contributed by atoms with Crippen LogP contribution in [-0.2, 0) is 0 Å². The summed E-state index contributed by atoms with van der Waals surface area (Å²) in [6.07, 6.45) is 5.49. The molecule has 0 aliphatic carbocycles. The highest BCUT2D eigenvalue weighted by atomic mass is 16.5. The fourth-order valence-corrected chi connectivity index (χ4v) is 4.04. The molecule has 0 unspecified atom stereocenters. The largest absolute Gasteiger partial charge is 0.496 e. The zero-order chi connectivity index (χ0) is 19.8. The molecule has 1 aromatic heterocycles. The third-order valence-corrected chi connectivity index (χ3v) is 5.33. The molecule has 0 fully saturated rings. The number of benzene rings is 4. The first-order chi connectivity index (χ1) is 14.3. The van der Waals surface area contributed by atoms with Gasteiger partial charge in [-0.3, -0.25) is 0 Å². The maximum Gasteiger partial charge on any atom is 0.151 e. The SMILES string of the molecule is COc1ccc2ccccc2c1-c1c(OC)c(-n2ccnc2)cc2ccccc12. The first-order valence-corrected chi connectivity index (χ1v) is 9.46. The van der Waals surface area contributed by atoms with Crippen molar-refractivity contribution in [3.8, 4) is 28.3 Å². The van der Waals surface area contributed by atoms with Gasteiger partial charge in [0.2, 0.25) is 0 Å². The van der Waals surface area contributed by atoms with Crippen molar-refractivity contribution in [2.45, 2.75) is 0 Å². The molecule has 0 bridgehead atoms. The number of imidazole rings is 1. The molecule has 4 aromatic carbocycles. The molecule has 0 N–H and O–H groups in total. The van der Waals surface area contributed by atoms with Crippen LogP contribution in [0.5, 0.6) is 11.5 Å². The molecule has 0 amide bonds. The number of fused-ring (bicyclic) bond motifs is 2. The third-order valence-electron chi connectivity index (χ3n) is 5.33. The van der Waals surface area contributed by atoms with E-state index in [1.165, 1.54) is 0 Å². The lowest BCUT2D eigenvalue weighted by Crippen LogP contribution is -2.00. The molecule has 5 aromatic rings. The highest BCUT2D eigenvalue weighted by Gasteiger charge is 2.21. The van der Waals surface area contributed by atoms with Gasteiger partial charge in [-0.1, -0.05) is 54.6 Å². The van der Waals surface area contributed by atoms with E-state index in [1.807, 2.05) is 16.8 Å². The van der Waals surface area contributed by atoms with Crippen LogP contribution in [0.15, 0.2) is 85.5 Å². The summed E-state index contributed by atoms with van der Waals surface area (Å²) in [5.74, 6) is 1.60. The Morgan fingerprint density at radius 1 is 0.759 bits per heavy atom. The van der Waals surface area contributed by atoms with E-state index >= 15 is 0 Å². The van der Waals surface area contributed by atoms with Crippen molar-refractivity contribution < 1.29 is 9.47 Å². The van der Waals surface area contributed by atoms with Crippen LogP contribution in [-0.4, -0.2) is 23.8 Å². The van der Waals surface area contributed by atoms with Crippen LogP contribution in [0.4, 0.5) is 0 Å². The van der Waals surface area contributed by atoms with Crippen molar-refractivity contribution in [3.63, 3.8) is 0 Å². The van der Waals surface area contributed by atoms with Crippen molar-refractivity contribution in [2.24, 2.45) is 0 Å². The minimum absolute atomic E-state index is 0.788. The maximum absolute atomic E-state index is 6.01. The molecule has 0 atom stereocenters. The molecule has 0 saturated carbocycles. The van der Waals surface area contributed by atoms with E-state index in [-0.39, 0.29) is 0 Å². The van der Waals surface area contributed by atoms with Crippen LogP contribution in [0.25, 0.3) is 38.4 Å². The Bertz CT molecular complexity index is 1320. The van der Waals surface area contributed by atoms with Gasteiger partial charge in [0.15, 0.2) is 5.75 Å². The monoisotopic (exact) mass is 380 g/mol. The molecule has 0 saturated heterocycles. The molecular formula is C25H20N2O2. The van der Waals surface area contributed by atoms with Crippen LogP contribution in [0, 0.1) is 0 Å². The van der Waals surface area contributed by atoms with E-state index in [2.05, 4.69) is 65.6 Å². The van der Waals surface area contributed by atoms with Gasteiger partial charge < -0.3 is 14.0 Å². The van der Waals surface area contributed by atoms with Gasteiger partial charge >= 0.3 is 0 Å². The standard InChI is InChI=1S/C25H20N2O2/c1-28-22-12-11-17-7-3-5-9-19(17)23(22)24-20-10-6-4-8-18(20)15-21(25(24)29-2)27-14-13-26-16-27/h3-16H,1-2H3. The highest BCUT2D eigenvalue weighted by molar-refractivity contribution is 6.11. The van der Waals surface area contributed by atoms with Gasteiger partial charge in [0, 0.05) is 23.5 Å². The number of aromatic nitrogens is 2. The third kappa shape index (κ3) is 2.72. The Hall–Kier alpha value is -3.79. The van der Waals surface area contributed by atoms with Crippen molar-refractivity contribution in [3.05, 3.63) is 85.5 Å². The Balaban J connectivity index is 2.00. The molecule has 0 spiro atoms. The molecule has 4 heteroatoms. The van der Waals surface area contributed by atoms with E-state index in [1.54, 1.807) is 26.7 Å². The summed E-state index contributed by atoms with van der Waals surface area (Å²) in [7, 11) is 3.42. The molecule has 5 rings (SSSR count). The van der Waals surface area contributed by atoms with Crippen LogP contribution in [0.2, 0.25) is 0 Å². The summed E-state index contributed by atoms with van der Waals surface area (Å²) in [6.45, 7) is 0. The topological polar surface area (TPSA) is 36.3 Å². The maximum atomic E-state index is 6.01. The second kappa shape index (κ2) is 6.99. The van der Waals surface area contributed by atoms with Gasteiger partial charge in [-0.25, -0.2) is 4.98 Å². The van der Waals surface area contributed by atoms with Crippen molar-refractivity contribution >= 4 is 21.5 Å². The lowest BCUT2D eigenvalue weighted by atomic mass is 9.91. The zero-order valence-corrected chi connectivity index (χ0v) is 16.3. The Kier molecular flexibility index (Phi) is 4.17. The molecule has 0 aliphatic heterocycles. The highest BCUT2D eigenvalue weighted by Crippen LogP contribution is 2.47. The van der Waals surface area contributed by atoms with E-state index in [9.17, 15) is 0 Å². The Morgan fingerprint density at radius 2 is 1.48 bits per heavy atom. The van der Waals surface area contributed by atoms with E-state index in [0.717, 1.165) is 49.9 Å². The fourth-order valence-electron chi connectivity index (χ4n) is 4.04. The molecular weight excluding hydrogens is 360 g/mol. The van der Waals surface area contributed by atoms with Crippen LogP contribution >= 0.6 is 0 Å². The number of nitrogens with zero attached hydrogens (tertiary/aromatic N) is 2. The normalized spacial score (nSPS) is 11.1. The van der Waals surface area contributed by atoms with Gasteiger partial charge in [-0.15, -0.1) is 0 Å². The molecule has 0 aliphatic rings. The second-order valence-electron chi connectivity index (χ2n) is 6.86. The number of hydrogen-bond donors (Lipinski definition) is 0. The molecule has 142 valence electrons. The van der Waals surface area contributed by atoms with Gasteiger partial charge in [-0.2, -0.15) is 0 Å². The smallest absolute Gasteiger partial charge is 0.151 e. The number of methoxy groups -OCH3 is 2. The van der Waals surface area contributed by atoms with Gasteiger partial charge in [-0.05, 0) is 33.7 Å². The summed E-state index contributed by atoms with van der Waals surface area (Å²) in [6, 6.07) is 23.0. The second-order valence-corrected chi connectivity index (χ2v) is 6.86. The summed E-state index contributed by atoms with van der Waals surface area (Å²) in [5, 5.41) is 4.52. The van der Waals surface area contributed by atoms with E-state index in [0.29, 0.717) is 0 Å². The van der Waals surface area contributed by atoms with E-state index < -0.39 is 0 Å². The summed E-state index contributed by atoms with van der Waals surface area (Å²) < 4.78 is 13.8. The average Bonchev–Trinajstić information content (AvgIpc) is 3.32. The van der Waals surface area contributed by atoms with Crippen molar-refractivity contribution in [2.75, 3.05) is 14.2 Å². The van der Waals surface area contributed by atoms with Gasteiger partial charge in [0.05, 0.1) is 26.2 Å². The van der Waals surface area contributed by atoms with Gasteiger partial charge in [0.25, 0.3) is 0 Å². The molecule has 29 heavy (non-hydrogen) atoms. The van der Waals surface area contributed by atoms with Crippen molar-refractivity contribution in [1.29, 1.82) is 0 Å². The summed E-state index contributed by atoms with van der Waals surface area (Å²) >= 11 is 0. The lowest BCUT2D eigenvalue weighted by Gasteiger charge is -2.20. The first kappa shape index (κ1) is 17.3. The van der Waals surface area contributed by atoms with Crippen molar-refractivity contribution in [1.82, 2.24) is 9.55 Å². The molecule has 0 radical (unpaired) electrons. The predicted octanol–water partition coefficient (Wildman–Crippen LogP) is 5.86. The Labute approximate surface area is 169 Å². The summed E-state index contributed by atoms with van der Waals surface area (Å²) in [5.41, 5.74) is 2.98. The van der Waals surface area contributed by atoms with Crippen LogP contribution in [0.1, 0.15) is 0 Å².